The van der Waals surface area contributed by atoms with Crippen molar-refractivity contribution >= 4 is 29.3 Å². The van der Waals surface area contributed by atoms with Gasteiger partial charge in [-0.1, -0.05) is 78.9 Å². The summed E-state index contributed by atoms with van der Waals surface area (Å²) in [7, 11) is 2.28. The lowest BCUT2D eigenvalue weighted by molar-refractivity contribution is -0.167. The van der Waals surface area contributed by atoms with E-state index in [0.717, 1.165) is 32.3 Å². The summed E-state index contributed by atoms with van der Waals surface area (Å²) in [6, 6.07) is 27.4. The Labute approximate surface area is 231 Å². The van der Waals surface area contributed by atoms with E-state index in [2.05, 4.69) is 0 Å². The second-order valence-electron chi connectivity index (χ2n) is 9.48. The first-order chi connectivity index (χ1) is 19.3. The van der Waals surface area contributed by atoms with Gasteiger partial charge in [0.15, 0.2) is 5.78 Å². The van der Waals surface area contributed by atoms with Gasteiger partial charge < -0.3 is 14.2 Å². The molecule has 204 valence electrons. The van der Waals surface area contributed by atoms with E-state index < -0.39 is 40.7 Å². The number of Topliss-reactive ketones (excluding diaryl/α,β-unsaturated/α-hetero) is 1. The molecule has 2 bridgehead atoms. The highest BCUT2D eigenvalue weighted by Gasteiger charge is 2.78. The van der Waals surface area contributed by atoms with Crippen LogP contribution in [-0.4, -0.2) is 54.2 Å². The van der Waals surface area contributed by atoms with Crippen molar-refractivity contribution in [3.8, 4) is 0 Å². The number of amides is 1. The summed E-state index contributed by atoms with van der Waals surface area (Å²) in [6.07, 6.45) is 0. The van der Waals surface area contributed by atoms with Crippen LogP contribution >= 0.6 is 0 Å². The number of methoxy groups -OCH3 is 2. The van der Waals surface area contributed by atoms with E-state index in [9.17, 15) is 19.2 Å². The van der Waals surface area contributed by atoms with Gasteiger partial charge in [0.05, 0.1) is 14.2 Å². The molecular weight excluding hydrogens is 512 g/mol. The quantitative estimate of drug-likeness (QED) is 0.301. The van der Waals surface area contributed by atoms with Crippen LogP contribution in [-0.2, 0) is 46.5 Å². The molecule has 0 spiro atoms. The van der Waals surface area contributed by atoms with E-state index >= 15 is 0 Å². The molecular formula is C31H28N2O7. The molecule has 0 N–H and O–H groups in total. The van der Waals surface area contributed by atoms with Crippen LogP contribution in [0.25, 0.3) is 0 Å². The zero-order valence-electron chi connectivity index (χ0n) is 22.3. The Morgan fingerprint density at radius 1 is 0.750 bits per heavy atom. The van der Waals surface area contributed by atoms with Crippen LogP contribution in [0.15, 0.2) is 102 Å². The third kappa shape index (κ3) is 4.02. The van der Waals surface area contributed by atoms with Crippen molar-refractivity contribution < 1.29 is 33.4 Å². The smallest absolute Gasteiger partial charge is 0.340 e. The van der Waals surface area contributed by atoms with E-state index in [1.807, 2.05) is 60.7 Å². The number of nitrogens with zero attached hydrogens (tertiary/aromatic N) is 2. The maximum Gasteiger partial charge on any atom is 0.340 e. The summed E-state index contributed by atoms with van der Waals surface area (Å²) >= 11 is 0. The summed E-state index contributed by atoms with van der Waals surface area (Å²) in [4.78, 5) is 57.8. The number of carbonyl (C=O) groups is 4. The lowest BCUT2D eigenvalue weighted by Gasteiger charge is -2.45. The molecule has 1 fully saturated rings. The minimum Gasteiger partial charge on any atom is -0.466 e. The number of anilines is 1. The number of para-hydroxylation sites is 1. The number of carbonyl (C=O) groups excluding carboxylic acids is 4. The minimum absolute atomic E-state index is 0.176. The topological polar surface area (TPSA) is 102 Å². The van der Waals surface area contributed by atoms with Gasteiger partial charge in [-0.15, -0.1) is 0 Å². The summed E-state index contributed by atoms with van der Waals surface area (Å²) in [5.74, 6) is -5.56. The fourth-order valence-electron chi connectivity index (χ4n) is 5.45. The molecule has 2 aliphatic rings. The number of fused-ring (bicyclic) bond motifs is 2. The lowest BCUT2D eigenvalue weighted by atomic mass is 9.82. The van der Waals surface area contributed by atoms with Crippen LogP contribution in [0, 0.1) is 0 Å². The zero-order valence-corrected chi connectivity index (χ0v) is 22.3. The van der Waals surface area contributed by atoms with Crippen LogP contribution < -0.4 is 4.90 Å². The molecule has 0 radical (unpaired) electrons. The molecule has 0 aromatic heterocycles. The van der Waals surface area contributed by atoms with Crippen molar-refractivity contribution in [2.45, 2.75) is 31.5 Å². The molecule has 2 atom stereocenters. The van der Waals surface area contributed by atoms with Crippen LogP contribution in [0.5, 0.6) is 0 Å². The Morgan fingerprint density at radius 3 is 1.65 bits per heavy atom. The van der Waals surface area contributed by atoms with Crippen molar-refractivity contribution in [2.24, 2.45) is 0 Å². The maximum absolute atomic E-state index is 14.4. The first-order valence-corrected chi connectivity index (χ1v) is 12.7. The Morgan fingerprint density at radius 2 is 1.20 bits per heavy atom. The van der Waals surface area contributed by atoms with E-state index in [4.69, 9.17) is 14.2 Å². The van der Waals surface area contributed by atoms with Gasteiger partial charge in [-0.2, -0.15) is 0 Å². The predicted molar refractivity (Wildman–Crippen MR) is 144 cm³/mol. The normalized spacial score (nSPS) is 21.6. The van der Waals surface area contributed by atoms with Gasteiger partial charge in [0.1, 0.15) is 11.1 Å². The Hall–Kier alpha value is -4.60. The first kappa shape index (κ1) is 27.0. The number of hydrogen-bond acceptors (Lipinski definition) is 8. The molecule has 9 heteroatoms. The highest BCUT2D eigenvalue weighted by atomic mass is 16.6. The van der Waals surface area contributed by atoms with Gasteiger partial charge in [-0.3, -0.25) is 14.5 Å². The Kier molecular flexibility index (Phi) is 7.10. The van der Waals surface area contributed by atoms with Gasteiger partial charge in [0.25, 0.3) is 5.91 Å². The maximum atomic E-state index is 14.4. The molecule has 1 saturated heterocycles. The number of esters is 2. The number of ether oxygens (including phenoxy) is 3. The van der Waals surface area contributed by atoms with Crippen molar-refractivity contribution in [2.75, 3.05) is 19.1 Å². The van der Waals surface area contributed by atoms with Gasteiger partial charge in [0.2, 0.25) is 11.4 Å². The summed E-state index contributed by atoms with van der Waals surface area (Å²) in [5.41, 5.74) is -1.13. The first-order valence-electron chi connectivity index (χ1n) is 12.7. The van der Waals surface area contributed by atoms with Crippen LogP contribution in [0.4, 0.5) is 5.69 Å². The van der Waals surface area contributed by atoms with Crippen molar-refractivity contribution in [3.63, 3.8) is 0 Å². The zero-order chi connectivity index (χ0) is 28.5. The molecule has 1 amide bonds. The van der Waals surface area contributed by atoms with Gasteiger partial charge in [-0.05, 0) is 30.2 Å². The third-order valence-corrected chi connectivity index (χ3v) is 7.18. The summed E-state index contributed by atoms with van der Waals surface area (Å²) in [6.45, 7) is 1.50. The highest BCUT2D eigenvalue weighted by molar-refractivity contribution is 6.29. The third-order valence-electron chi connectivity index (χ3n) is 7.18. The lowest BCUT2D eigenvalue weighted by Crippen LogP contribution is -2.63. The van der Waals surface area contributed by atoms with Crippen molar-refractivity contribution in [3.05, 3.63) is 113 Å². The standard InChI is InChI=1S/C31H28N2O7/c1-21(34)30-25(27(35)38-2)26(28(36)39-3)31(40-30,33(29(30)37)24-17-11-6-12-18-24)32(19-22-13-7-4-8-14-22)20-23-15-9-5-10-16-23/h4-18H,19-20H2,1-3H3. The summed E-state index contributed by atoms with van der Waals surface area (Å²) < 4.78 is 16.7. The van der Waals surface area contributed by atoms with E-state index in [0.29, 0.717) is 5.69 Å². The molecule has 2 heterocycles. The monoisotopic (exact) mass is 540 g/mol. The molecule has 0 saturated carbocycles. The van der Waals surface area contributed by atoms with Crippen LogP contribution in [0.3, 0.4) is 0 Å². The fourth-order valence-corrected chi connectivity index (χ4v) is 5.45. The molecule has 40 heavy (non-hydrogen) atoms. The number of rotatable bonds is 9. The van der Waals surface area contributed by atoms with Crippen molar-refractivity contribution in [1.29, 1.82) is 0 Å². The molecule has 3 aromatic rings. The Balaban J connectivity index is 1.86. The number of hydrogen-bond donors (Lipinski definition) is 0. The van der Waals surface area contributed by atoms with E-state index in [1.54, 1.807) is 35.2 Å². The van der Waals surface area contributed by atoms with Crippen LogP contribution in [0.1, 0.15) is 18.1 Å². The SMILES string of the molecule is COC(=O)C1=C(C(=O)OC)C2(N(Cc3ccccc3)Cc3ccccc3)OC1(C(C)=O)C(=O)N2c1ccccc1. The minimum atomic E-state index is -2.42. The van der Waals surface area contributed by atoms with Gasteiger partial charge >= 0.3 is 11.9 Å². The number of ketones is 1. The average Bonchev–Trinajstić information content (AvgIpc) is 3.45. The highest BCUT2D eigenvalue weighted by Crippen LogP contribution is 2.56. The van der Waals surface area contributed by atoms with Crippen LogP contribution in [0.2, 0.25) is 0 Å². The summed E-state index contributed by atoms with van der Waals surface area (Å²) in [5, 5.41) is 0. The number of benzene rings is 3. The molecule has 9 nitrogen and oxygen atoms in total. The van der Waals surface area contributed by atoms with Crippen molar-refractivity contribution in [1.82, 2.24) is 4.90 Å². The second kappa shape index (κ2) is 10.5. The molecule has 2 aliphatic heterocycles. The largest absolute Gasteiger partial charge is 0.466 e. The average molecular weight is 541 g/mol. The van der Waals surface area contributed by atoms with E-state index in [-0.39, 0.29) is 18.7 Å². The molecule has 5 rings (SSSR count). The second-order valence-corrected chi connectivity index (χ2v) is 9.48. The predicted octanol–water partition coefficient (Wildman–Crippen LogP) is 3.39. The fraction of sp³-hybridized carbons (Fsp3) is 0.226. The molecule has 0 aliphatic carbocycles. The molecule has 3 aromatic carbocycles. The molecule has 2 unspecified atom stereocenters. The van der Waals surface area contributed by atoms with E-state index in [1.165, 1.54) is 4.90 Å². The Bertz CT molecular complexity index is 1450. The van der Waals surface area contributed by atoms with Gasteiger partial charge in [-0.25, -0.2) is 14.5 Å². The van der Waals surface area contributed by atoms with Gasteiger partial charge in [0, 0.05) is 18.8 Å².